The first-order chi connectivity index (χ1) is 11.9. The molecule has 4 nitrogen and oxygen atoms in total. The van der Waals surface area contributed by atoms with Crippen molar-refractivity contribution in [2.45, 2.75) is 84.6 Å². The average molecular weight is 447 g/mol. The summed E-state index contributed by atoms with van der Waals surface area (Å²) in [6.07, 6.45) is -2.90. The van der Waals surface area contributed by atoms with Gasteiger partial charge in [0.2, 0.25) is 7.83 Å². The van der Waals surface area contributed by atoms with Crippen molar-refractivity contribution in [2.75, 3.05) is 13.7 Å². The van der Waals surface area contributed by atoms with Gasteiger partial charge in [0.1, 0.15) is 0 Å². The standard InChI is InChI=1S/C17H37F3O4Si3/c1-10-16(2,3)15(21)23-12-11-13-25(5,6)24-26(7,8)27(9,22-4)14-17(18,19)20/h10-14H2,1-9H3. The van der Waals surface area contributed by atoms with Crippen molar-refractivity contribution in [2.24, 2.45) is 5.41 Å². The van der Waals surface area contributed by atoms with E-state index in [1.54, 1.807) is 6.55 Å². The van der Waals surface area contributed by atoms with E-state index in [1.165, 1.54) is 7.11 Å². The number of alkyl halides is 3. The number of rotatable bonds is 11. The van der Waals surface area contributed by atoms with Crippen LogP contribution in [0.1, 0.15) is 33.6 Å². The third kappa shape index (κ3) is 8.80. The van der Waals surface area contributed by atoms with Gasteiger partial charge in [0, 0.05) is 7.11 Å². The van der Waals surface area contributed by atoms with Gasteiger partial charge in [-0.2, -0.15) is 13.2 Å². The van der Waals surface area contributed by atoms with Gasteiger partial charge in [-0.25, -0.2) is 0 Å². The number of carbonyl (C=O) groups is 1. The Hall–Kier alpha value is -0.169. The van der Waals surface area contributed by atoms with E-state index in [-0.39, 0.29) is 5.97 Å². The van der Waals surface area contributed by atoms with E-state index in [9.17, 15) is 18.0 Å². The van der Waals surface area contributed by atoms with Gasteiger partial charge in [0.25, 0.3) is 0 Å². The molecule has 1 atom stereocenters. The highest BCUT2D eigenvalue weighted by Gasteiger charge is 2.56. The van der Waals surface area contributed by atoms with Crippen molar-refractivity contribution < 1.29 is 31.2 Å². The number of halogens is 3. The molecule has 0 amide bonds. The largest absolute Gasteiger partial charge is 0.465 e. The third-order valence-electron chi connectivity index (χ3n) is 5.39. The molecule has 1 unspecified atom stereocenters. The van der Waals surface area contributed by atoms with E-state index in [0.29, 0.717) is 19.4 Å². The zero-order chi connectivity index (χ0) is 21.7. The summed E-state index contributed by atoms with van der Waals surface area (Å²) in [5.74, 6) is -0.218. The summed E-state index contributed by atoms with van der Waals surface area (Å²) in [4.78, 5) is 12.0. The highest BCUT2D eigenvalue weighted by molar-refractivity contribution is 7.37. The van der Waals surface area contributed by atoms with Crippen LogP contribution < -0.4 is 0 Å². The summed E-state index contributed by atoms with van der Waals surface area (Å²) in [6.45, 7) is 15.3. The fraction of sp³-hybridized carbons (Fsp3) is 0.941. The molecule has 10 heteroatoms. The Kier molecular flexibility index (Phi) is 9.49. The highest BCUT2D eigenvalue weighted by atomic mass is 29.3. The molecule has 0 bridgehead atoms. The van der Waals surface area contributed by atoms with E-state index in [0.717, 1.165) is 6.04 Å². The maximum Gasteiger partial charge on any atom is 0.388 e. The summed E-state index contributed by atoms with van der Waals surface area (Å²) < 4.78 is 56.3. The van der Waals surface area contributed by atoms with Crippen LogP contribution >= 0.6 is 0 Å². The molecule has 0 aromatic carbocycles. The lowest BCUT2D eigenvalue weighted by Gasteiger charge is -2.43. The lowest BCUT2D eigenvalue weighted by molar-refractivity contribution is -0.154. The Bertz CT molecular complexity index is 496. The topological polar surface area (TPSA) is 44.8 Å². The highest BCUT2D eigenvalue weighted by Crippen LogP contribution is 2.36. The van der Waals surface area contributed by atoms with Crippen LogP contribution in [0.3, 0.4) is 0 Å². The maximum atomic E-state index is 13.0. The second-order valence-electron chi connectivity index (χ2n) is 9.08. The summed E-state index contributed by atoms with van der Waals surface area (Å²) >= 11 is 0. The first-order valence-corrected chi connectivity index (χ1v) is 19.0. The quantitative estimate of drug-likeness (QED) is 0.234. The molecule has 0 aliphatic rings. The number of carbonyl (C=O) groups excluding carboxylic acids is 1. The van der Waals surface area contributed by atoms with Gasteiger partial charge in [-0.3, -0.25) is 4.79 Å². The molecule has 0 rings (SSSR count). The summed E-state index contributed by atoms with van der Waals surface area (Å²) in [5.41, 5.74) is -0.498. The molecular formula is C17H37F3O4Si3. The normalized spacial score (nSPS) is 16.1. The van der Waals surface area contributed by atoms with Gasteiger partial charge >= 0.3 is 12.1 Å². The molecule has 0 saturated carbocycles. The summed E-state index contributed by atoms with van der Waals surface area (Å²) in [5, 5.41) is 0. The predicted octanol–water partition coefficient (Wildman–Crippen LogP) is 5.65. The Labute approximate surface area is 165 Å². The smallest absolute Gasteiger partial charge is 0.388 e. The van der Waals surface area contributed by atoms with Crippen LogP contribution in [-0.2, 0) is 18.1 Å². The van der Waals surface area contributed by atoms with Crippen molar-refractivity contribution >= 4 is 30.0 Å². The second-order valence-corrected chi connectivity index (χ2v) is 26.9. The second kappa shape index (κ2) is 9.55. The van der Waals surface area contributed by atoms with Crippen LogP contribution in [0, 0.1) is 5.41 Å². The molecule has 0 heterocycles. The molecular weight excluding hydrogens is 409 g/mol. The van der Waals surface area contributed by atoms with Crippen molar-refractivity contribution in [3.05, 3.63) is 0 Å². The van der Waals surface area contributed by atoms with Crippen LogP contribution in [0.5, 0.6) is 0 Å². The van der Waals surface area contributed by atoms with Crippen LogP contribution in [-0.4, -0.2) is 49.8 Å². The SMILES string of the molecule is CCC(C)(C)C(=O)OCCC[Si](C)(C)O[Si](C)(C)[Si](C)(CC(F)(F)F)OC. The molecule has 0 aliphatic heterocycles. The van der Waals surface area contributed by atoms with Crippen LogP contribution in [0.2, 0.25) is 44.8 Å². The molecule has 0 saturated heterocycles. The number of ether oxygens (including phenoxy) is 1. The lowest BCUT2D eigenvalue weighted by atomic mass is 9.91. The minimum Gasteiger partial charge on any atom is -0.465 e. The minimum absolute atomic E-state index is 0.218. The van der Waals surface area contributed by atoms with Crippen LogP contribution in [0.4, 0.5) is 13.2 Å². The van der Waals surface area contributed by atoms with Crippen molar-refractivity contribution in [3.63, 3.8) is 0 Å². The molecule has 0 N–H and O–H groups in total. The van der Waals surface area contributed by atoms with Crippen molar-refractivity contribution in [3.8, 4) is 0 Å². The molecule has 27 heavy (non-hydrogen) atoms. The van der Waals surface area contributed by atoms with Crippen LogP contribution in [0.15, 0.2) is 0 Å². The maximum absolute atomic E-state index is 13.0. The Balaban J connectivity index is 4.82. The first-order valence-electron chi connectivity index (χ1n) is 9.41. The van der Waals surface area contributed by atoms with Crippen LogP contribution in [0.25, 0.3) is 0 Å². The molecule has 0 aliphatic carbocycles. The third-order valence-corrected chi connectivity index (χ3v) is 25.4. The fourth-order valence-corrected chi connectivity index (χ4v) is 20.2. The number of hydrogen-bond donors (Lipinski definition) is 0. The van der Waals surface area contributed by atoms with E-state index >= 15 is 0 Å². The Morgan fingerprint density at radius 3 is 1.96 bits per heavy atom. The molecule has 0 fully saturated rings. The van der Waals surface area contributed by atoms with E-state index in [1.807, 2.05) is 47.0 Å². The summed E-state index contributed by atoms with van der Waals surface area (Å²) in [6, 6.07) is -0.159. The molecule has 0 aromatic rings. The predicted molar refractivity (Wildman–Crippen MR) is 110 cm³/mol. The van der Waals surface area contributed by atoms with Crippen molar-refractivity contribution in [1.29, 1.82) is 0 Å². The van der Waals surface area contributed by atoms with Gasteiger partial charge in [-0.15, -0.1) is 0 Å². The van der Waals surface area contributed by atoms with Gasteiger partial charge in [0.15, 0.2) is 16.2 Å². The molecule has 0 aromatic heterocycles. The Morgan fingerprint density at radius 2 is 1.56 bits per heavy atom. The van der Waals surface area contributed by atoms with E-state index in [4.69, 9.17) is 13.3 Å². The van der Waals surface area contributed by atoms with E-state index < -0.39 is 41.6 Å². The molecule has 162 valence electrons. The van der Waals surface area contributed by atoms with Gasteiger partial charge in [-0.1, -0.05) is 6.92 Å². The number of esters is 1. The number of hydrogen-bond acceptors (Lipinski definition) is 4. The monoisotopic (exact) mass is 446 g/mol. The van der Waals surface area contributed by atoms with Gasteiger partial charge in [-0.05, 0) is 65.5 Å². The Morgan fingerprint density at radius 1 is 1.04 bits per heavy atom. The minimum atomic E-state index is -4.25. The average Bonchev–Trinajstić information content (AvgIpc) is 2.48. The van der Waals surface area contributed by atoms with E-state index in [2.05, 4.69) is 0 Å². The fourth-order valence-electron chi connectivity index (χ4n) is 2.77. The zero-order valence-electron chi connectivity index (χ0n) is 18.3. The van der Waals surface area contributed by atoms with Gasteiger partial charge in [0.05, 0.1) is 18.1 Å². The first kappa shape index (κ1) is 26.8. The zero-order valence-corrected chi connectivity index (χ0v) is 21.3. The van der Waals surface area contributed by atoms with Crippen molar-refractivity contribution in [1.82, 2.24) is 0 Å². The lowest BCUT2D eigenvalue weighted by Crippen LogP contribution is -2.65. The van der Waals surface area contributed by atoms with Gasteiger partial charge < -0.3 is 13.3 Å². The summed E-state index contributed by atoms with van der Waals surface area (Å²) in [7, 11) is -6.55. The molecule has 0 radical (unpaired) electrons. The molecule has 0 spiro atoms.